The normalized spacial score (nSPS) is 14.7. The van der Waals surface area contributed by atoms with E-state index in [-0.39, 0.29) is 17.6 Å². The van der Waals surface area contributed by atoms with Gasteiger partial charge in [-0.3, -0.25) is 9.79 Å². The Kier molecular flexibility index (Phi) is 7.40. The van der Waals surface area contributed by atoms with Crippen molar-refractivity contribution in [2.45, 2.75) is 46.1 Å². The minimum atomic E-state index is -0.292. The Morgan fingerprint density at radius 3 is 2.71 bits per heavy atom. The summed E-state index contributed by atoms with van der Waals surface area (Å²) in [7, 11) is 1.61. The molecule has 2 aromatic rings. The summed E-state index contributed by atoms with van der Waals surface area (Å²) in [5.41, 5.74) is 5.06. The summed E-state index contributed by atoms with van der Waals surface area (Å²) in [6.07, 6.45) is 7.93. The summed E-state index contributed by atoms with van der Waals surface area (Å²) in [5.74, 6) is 0.419. The zero-order valence-corrected chi connectivity index (χ0v) is 18.5. The molecule has 0 spiro atoms. The van der Waals surface area contributed by atoms with Gasteiger partial charge in [-0.1, -0.05) is 24.3 Å². The predicted molar refractivity (Wildman–Crippen MR) is 126 cm³/mol. The molecule has 0 aliphatic carbocycles. The number of hydrogen-bond donors (Lipinski definition) is 1. The zero-order valence-electron chi connectivity index (χ0n) is 18.5. The molecule has 0 radical (unpaired) electrons. The van der Waals surface area contributed by atoms with Crippen LogP contribution in [0.3, 0.4) is 0 Å². The van der Waals surface area contributed by atoms with E-state index in [9.17, 15) is 9.18 Å². The van der Waals surface area contributed by atoms with Gasteiger partial charge in [0.15, 0.2) is 0 Å². The van der Waals surface area contributed by atoms with E-state index in [1.54, 1.807) is 26.2 Å². The highest BCUT2D eigenvalue weighted by Crippen LogP contribution is 2.39. The molecule has 1 aliphatic rings. The van der Waals surface area contributed by atoms with Crippen molar-refractivity contribution in [2.75, 3.05) is 12.4 Å². The number of rotatable bonds is 8. The van der Waals surface area contributed by atoms with E-state index in [1.807, 2.05) is 43.6 Å². The summed E-state index contributed by atoms with van der Waals surface area (Å²) in [5, 5.41) is 3.57. The molecule has 1 N–H and O–H groups in total. The fraction of sp³-hybridized carbons (Fsp3) is 0.308. The summed E-state index contributed by atoms with van der Waals surface area (Å²) >= 11 is 0. The Morgan fingerprint density at radius 2 is 2.06 bits per heavy atom. The average Bonchev–Trinajstić information content (AvgIpc) is 2.78. The number of carbonyl (C=O) groups excluding carboxylic acids is 1. The monoisotopic (exact) mass is 420 g/mol. The van der Waals surface area contributed by atoms with Crippen molar-refractivity contribution in [3.05, 3.63) is 65.6 Å². The molecular formula is C26H29FN2O2. The Labute approximate surface area is 183 Å². The van der Waals surface area contributed by atoms with Crippen LogP contribution in [0.1, 0.15) is 45.6 Å². The molecule has 31 heavy (non-hydrogen) atoms. The minimum Gasteiger partial charge on any atom is -0.495 e. The third-order valence-electron chi connectivity index (χ3n) is 5.45. The molecule has 0 bridgehead atoms. The lowest BCUT2D eigenvalue weighted by atomic mass is 9.95. The molecule has 1 atom stereocenters. The molecular weight excluding hydrogens is 391 g/mol. The zero-order chi connectivity index (χ0) is 22.4. The van der Waals surface area contributed by atoms with E-state index >= 15 is 0 Å². The highest BCUT2D eigenvalue weighted by molar-refractivity contribution is 5.87. The number of allylic oxidation sites excluding steroid dienone is 2. The lowest BCUT2D eigenvalue weighted by molar-refractivity contribution is -0.116. The molecule has 0 saturated carbocycles. The predicted octanol–water partition coefficient (Wildman–Crippen LogP) is 6.43. The number of ether oxygens (including phenoxy) is 1. The smallest absolute Gasteiger partial charge is 0.143 e. The number of benzene rings is 2. The number of hydrogen-bond acceptors (Lipinski definition) is 4. The topological polar surface area (TPSA) is 50.7 Å². The molecule has 1 unspecified atom stereocenters. The number of Topliss-reactive ketones (excluding diaryl/α,β-unsaturated/α-hetero) is 1. The number of carbonyl (C=O) groups is 1. The first kappa shape index (κ1) is 22.5. The summed E-state index contributed by atoms with van der Waals surface area (Å²) < 4.78 is 20.2. The number of halogens is 1. The Bertz CT molecular complexity index is 1050. The van der Waals surface area contributed by atoms with Gasteiger partial charge in [0, 0.05) is 36.0 Å². The van der Waals surface area contributed by atoms with Gasteiger partial charge in [0.1, 0.15) is 17.3 Å². The van der Waals surface area contributed by atoms with Crippen molar-refractivity contribution in [1.82, 2.24) is 0 Å². The number of anilines is 1. The summed E-state index contributed by atoms with van der Waals surface area (Å²) in [6, 6.07) is 10.5. The molecule has 0 saturated heterocycles. The van der Waals surface area contributed by atoms with Crippen LogP contribution in [0.4, 0.5) is 10.1 Å². The van der Waals surface area contributed by atoms with Crippen LogP contribution in [0, 0.1) is 5.82 Å². The standard InChI is InChI=1S/C26H29FN2O2/c1-17(11-12-18(2)30)23-14-21(22-9-5-6-10-24(22)27)15-25(31-4)26(23)29-19(3)20-8-7-13-28-16-20/h5-6,9-11,13-16,19,29H,7-8,12H2,1-4H3/b17-11+. The Hall–Kier alpha value is -3.21. The van der Waals surface area contributed by atoms with Crippen LogP contribution < -0.4 is 10.1 Å². The molecule has 3 rings (SSSR count). The van der Waals surface area contributed by atoms with Crippen LogP contribution >= 0.6 is 0 Å². The summed E-state index contributed by atoms with van der Waals surface area (Å²) in [6.45, 7) is 5.62. The maximum Gasteiger partial charge on any atom is 0.143 e. The fourth-order valence-corrected chi connectivity index (χ4v) is 3.65. The van der Waals surface area contributed by atoms with E-state index in [0.29, 0.717) is 17.7 Å². The van der Waals surface area contributed by atoms with Crippen molar-refractivity contribution >= 4 is 23.3 Å². The Balaban J connectivity index is 2.12. The molecule has 1 aliphatic heterocycles. The maximum absolute atomic E-state index is 14.5. The van der Waals surface area contributed by atoms with Crippen LogP contribution in [0.5, 0.6) is 5.75 Å². The minimum absolute atomic E-state index is 0.0463. The van der Waals surface area contributed by atoms with Gasteiger partial charge in [0.2, 0.25) is 0 Å². The maximum atomic E-state index is 14.5. The number of nitrogens with one attached hydrogen (secondary N) is 1. The first-order valence-corrected chi connectivity index (χ1v) is 10.5. The SMILES string of the molecule is COc1cc(-c2ccccc2F)cc(/C(C)=C/CC(C)=O)c1NC(C)C1=CN=CCC1. The molecule has 5 heteroatoms. The van der Waals surface area contributed by atoms with Crippen LogP contribution in [-0.2, 0) is 4.79 Å². The van der Waals surface area contributed by atoms with Crippen molar-refractivity contribution in [2.24, 2.45) is 4.99 Å². The second-order valence-corrected chi connectivity index (χ2v) is 7.81. The van der Waals surface area contributed by atoms with Gasteiger partial charge in [0.25, 0.3) is 0 Å². The van der Waals surface area contributed by atoms with Gasteiger partial charge in [-0.2, -0.15) is 0 Å². The van der Waals surface area contributed by atoms with Gasteiger partial charge in [-0.25, -0.2) is 4.39 Å². The molecule has 2 aromatic carbocycles. The first-order chi connectivity index (χ1) is 14.9. The molecule has 0 amide bonds. The van der Waals surface area contributed by atoms with Crippen LogP contribution in [0.15, 0.2) is 59.2 Å². The van der Waals surface area contributed by atoms with Gasteiger partial charge in [-0.05, 0) is 68.5 Å². The van der Waals surface area contributed by atoms with Crippen molar-refractivity contribution in [3.8, 4) is 16.9 Å². The van der Waals surface area contributed by atoms with Gasteiger partial charge in [0.05, 0.1) is 12.8 Å². The van der Waals surface area contributed by atoms with Crippen LogP contribution in [-0.4, -0.2) is 25.1 Å². The molecule has 1 heterocycles. The second-order valence-electron chi connectivity index (χ2n) is 7.81. The third kappa shape index (κ3) is 5.48. The lowest BCUT2D eigenvalue weighted by Crippen LogP contribution is -2.20. The van der Waals surface area contributed by atoms with Gasteiger partial charge in [-0.15, -0.1) is 0 Å². The molecule has 162 valence electrons. The number of ketones is 1. The largest absolute Gasteiger partial charge is 0.495 e. The van der Waals surface area contributed by atoms with Gasteiger partial charge >= 0.3 is 0 Å². The first-order valence-electron chi connectivity index (χ1n) is 10.5. The van der Waals surface area contributed by atoms with Crippen LogP contribution in [0.2, 0.25) is 0 Å². The fourth-order valence-electron chi connectivity index (χ4n) is 3.65. The van der Waals surface area contributed by atoms with Gasteiger partial charge < -0.3 is 10.1 Å². The quantitative estimate of drug-likeness (QED) is 0.535. The molecule has 0 fully saturated rings. The van der Waals surface area contributed by atoms with E-state index in [2.05, 4.69) is 17.2 Å². The third-order valence-corrected chi connectivity index (χ3v) is 5.45. The van der Waals surface area contributed by atoms with E-state index < -0.39 is 0 Å². The molecule has 0 aromatic heterocycles. The second kappa shape index (κ2) is 10.2. The summed E-state index contributed by atoms with van der Waals surface area (Å²) in [4.78, 5) is 15.8. The van der Waals surface area contributed by atoms with Crippen molar-refractivity contribution in [1.29, 1.82) is 0 Å². The van der Waals surface area contributed by atoms with Crippen molar-refractivity contribution in [3.63, 3.8) is 0 Å². The number of methoxy groups -OCH3 is 1. The lowest BCUT2D eigenvalue weighted by Gasteiger charge is -2.24. The highest BCUT2D eigenvalue weighted by atomic mass is 19.1. The van der Waals surface area contributed by atoms with E-state index in [1.165, 1.54) is 11.6 Å². The number of aliphatic imine (C=N–C) groups is 1. The molecule has 4 nitrogen and oxygen atoms in total. The highest BCUT2D eigenvalue weighted by Gasteiger charge is 2.19. The number of nitrogens with zero attached hydrogens (tertiary/aromatic N) is 1. The average molecular weight is 421 g/mol. The van der Waals surface area contributed by atoms with E-state index in [0.717, 1.165) is 35.2 Å². The van der Waals surface area contributed by atoms with Crippen molar-refractivity contribution < 1.29 is 13.9 Å². The van der Waals surface area contributed by atoms with Crippen LogP contribution in [0.25, 0.3) is 16.7 Å². The Morgan fingerprint density at radius 1 is 1.29 bits per heavy atom. The van der Waals surface area contributed by atoms with E-state index in [4.69, 9.17) is 4.74 Å².